The summed E-state index contributed by atoms with van der Waals surface area (Å²) >= 11 is 0. The van der Waals surface area contributed by atoms with Crippen molar-refractivity contribution in [2.24, 2.45) is 5.73 Å². The standard InChI is InChI=1S/C20H30N2O2/c1-5-6-8-16-14(4)22(10-7-9-21)19-17(16)11-15(13(2)3)12-18(19)20(23)24/h11-13H,5-10,21H2,1-4H3,(H,23,24). The highest BCUT2D eigenvalue weighted by atomic mass is 16.4. The summed E-state index contributed by atoms with van der Waals surface area (Å²) in [5.74, 6) is -0.546. The number of aromatic carboxylic acids is 1. The Labute approximate surface area is 144 Å². The number of aryl methyl sites for hydroxylation is 2. The summed E-state index contributed by atoms with van der Waals surface area (Å²) in [7, 11) is 0. The second-order valence-corrected chi connectivity index (χ2v) is 6.89. The highest BCUT2D eigenvalue weighted by molar-refractivity contribution is 6.04. The van der Waals surface area contributed by atoms with Crippen molar-refractivity contribution in [3.05, 3.63) is 34.5 Å². The first-order chi connectivity index (χ1) is 11.4. The maximum Gasteiger partial charge on any atom is 0.337 e. The zero-order valence-corrected chi connectivity index (χ0v) is 15.4. The lowest BCUT2D eigenvalue weighted by atomic mass is 9.95. The van der Waals surface area contributed by atoms with Gasteiger partial charge in [0.2, 0.25) is 0 Å². The van der Waals surface area contributed by atoms with Crippen LogP contribution in [0.15, 0.2) is 12.1 Å². The Kier molecular flexibility index (Phi) is 6.05. The Balaban J connectivity index is 2.79. The number of aromatic nitrogens is 1. The molecule has 1 aromatic heterocycles. The van der Waals surface area contributed by atoms with Crippen molar-refractivity contribution in [3.8, 4) is 0 Å². The number of fused-ring (bicyclic) bond motifs is 1. The molecule has 0 radical (unpaired) electrons. The van der Waals surface area contributed by atoms with Gasteiger partial charge in [0.1, 0.15) is 0 Å². The second-order valence-electron chi connectivity index (χ2n) is 6.89. The van der Waals surface area contributed by atoms with Crippen molar-refractivity contribution in [2.75, 3.05) is 6.54 Å². The molecule has 0 fully saturated rings. The predicted molar refractivity (Wildman–Crippen MR) is 100 cm³/mol. The zero-order valence-electron chi connectivity index (χ0n) is 15.4. The summed E-state index contributed by atoms with van der Waals surface area (Å²) in [5, 5.41) is 10.9. The first-order valence-corrected chi connectivity index (χ1v) is 9.01. The fourth-order valence-electron chi connectivity index (χ4n) is 3.40. The van der Waals surface area contributed by atoms with E-state index in [1.54, 1.807) is 0 Å². The molecule has 0 aliphatic rings. The topological polar surface area (TPSA) is 68.2 Å². The summed E-state index contributed by atoms with van der Waals surface area (Å²) in [6.07, 6.45) is 4.09. The number of hydrogen-bond donors (Lipinski definition) is 2. The van der Waals surface area contributed by atoms with Crippen LogP contribution in [0, 0.1) is 6.92 Å². The highest BCUT2D eigenvalue weighted by Crippen LogP contribution is 2.33. The molecule has 0 bridgehead atoms. The van der Waals surface area contributed by atoms with Crippen molar-refractivity contribution in [2.45, 2.75) is 65.8 Å². The number of carbonyl (C=O) groups is 1. The van der Waals surface area contributed by atoms with E-state index in [1.165, 1.54) is 11.3 Å². The molecule has 24 heavy (non-hydrogen) atoms. The number of benzene rings is 1. The van der Waals surface area contributed by atoms with Gasteiger partial charge >= 0.3 is 5.97 Å². The summed E-state index contributed by atoms with van der Waals surface area (Å²) in [4.78, 5) is 11.9. The van der Waals surface area contributed by atoms with E-state index in [9.17, 15) is 9.90 Å². The molecule has 4 heteroatoms. The van der Waals surface area contributed by atoms with Gasteiger partial charge < -0.3 is 15.4 Å². The molecule has 2 rings (SSSR count). The molecular formula is C20H30N2O2. The summed E-state index contributed by atoms with van der Waals surface area (Å²) in [6.45, 7) is 9.89. The van der Waals surface area contributed by atoms with Crippen LogP contribution in [-0.4, -0.2) is 22.2 Å². The van der Waals surface area contributed by atoms with Crippen LogP contribution in [0.3, 0.4) is 0 Å². The molecule has 1 heterocycles. The number of carboxylic acids is 1. The van der Waals surface area contributed by atoms with Gasteiger partial charge in [-0.1, -0.05) is 27.2 Å². The molecule has 0 atom stereocenters. The number of hydrogen-bond acceptors (Lipinski definition) is 2. The third-order valence-corrected chi connectivity index (χ3v) is 4.83. The normalized spacial score (nSPS) is 11.6. The SMILES string of the molecule is CCCCc1c(C)n(CCCN)c2c(C(=O)O)cc(C(C)C)cc12. The molecule has 1 aromatic carbocycles. The average molecular weight is 330 g/mol. The number of rotatable bonds is 8. The smallest absolute Gasteiger partial charge is 0.337 e. The van der Waals surface area contributed by atoms with Gasteiger partial charge in [-0.25, -0.2) is 4.79 Å². The van der Waals surface area contributed by atoms with E-state index >= 15 is 0 Å². The molecule has 0 saturated heterocycles. The largest absolute Gasteiger partial charge is 0.478 e. The van der Waals surface area contributed by atoms with Crippen LogP contribution in [0.5, 0.6) is 0 Å². The summed E-state index contributed by atoms with van der Waals surface area (Å²) < 4.78 is 2.17. The lowest BCUT2D eigenvalue weighted by Gasteiger charge is -2.12. The minimum atomic E-state index is -0.851. The van der Waals surface area contributed by atoms with Gasteiger partial charge in [0.15, 0.2) is 0 Å². The van der Waals surface area contributed by atoms with Crippen molar-refractivity contribution in [3.63, 3.8) is 0 Å². The molecule has 0 saturated carbocycles. The van der Waals surface area contributed by atoms with E-state index in [0.29, 0.717) is 18.0 Å². The highest BCUT2D eigenvalue weighted by Gasteiger charge is 2.21. The van der Waals surface area contributed by atoms with Crippen LogP contribution in [0.25, 0.3) is 10.9 Å². The number of nitrogens with zero attached hydrogens (tertiary/aromatic N) is 1. The maximum absolute atomic E-state index is 11.9. The van der Waals surface area contributed by atoms with Crippen molar-refractivity contribution >= 4 is 16.9 Å². The van der Waals surface area contributed by atoms with Crippen LogP contribution < -0.4 is 5.73 Å². The molecule has 0 aliphatic heterocycles. The lowest BCUT2D eigenvalue weighted by Crippen LogP contribution is -2.09. The quantitative estimate of drug-likeness (QED) is 0.750. The molecule has 3 N–H and O–H groups in total. The number of nitrogens with two attached hydrogens (primary N) is 1. The third-order valence-electron chi connectivity index (χ3n) is 4.83. The Morgan fingerprint density at radius 1 is 1.29 bits per heavy atom. The molecule has 0 spiro atoms. The van der Waals surface area contributed by atoms with Gasteiger partial charge in [-0.3, -0.25) is 0 Å². The molecule has 2 aromatic rings. The van der Waals surface area contributed by atoms with E-state index in [-0.39, 0.29) is 0 Å². The third kappa shape index (κ3) is 3.48. The van der Waals surface area contributed by atoms with Crippen molar-refractivity contribution in [1.82, 2.24) is 4.57 Å². The van der Waals surface area contributed by atoms with Gasteiger partial charge in [-0.15, -0.1) is 0 Å². The molecule has 0 unspecified atom stereocenters. The van der Waals surface area contributed by atoms with Crippen LogP contribution >= 0.6 is 0 Å². The Hall–Kier alpha value is -1.81. The van der Waals surface area contributed by atoms with E-state index in [4.69, 9.17) is 5.73 Å². The first-order valence-electron chi connectivity index (χ1n) is 9.01. The zero-order chi connectivity index (χ0) is 17.9. The Morgan fingerprint density at radius 2 is 2.00 bits per heavy atom. The lowest BCUT2D eigenvalue weighted by molar-refractivity contribution is 0.0698. The Bertz CT molecular complexity index is 729. The van der Waals surface area contributed by atoms with E-state index < -0.39 is 5.97 Å². The molecule has 0 aliphatic carbocycles. The summed E-state index contributed by atoms with van der Waals surface area (Å²) in [6, 6.07) is 4.04. The van der Waals surface area contributed by atoms with Crippen molar-refractivity contribution in [1.29, 1.82) is 0 Å². The van der Waals surface area contributed by atoms with Gasteiger partial charge in [0.25, 0.3) is 0 Å². The van der Waals surface area contributed by atoms with E-state index in [1.807, 2.05) is 6.07 Å². The van der Waals surface area contributed by atoms with E-state index in [2.05, 4.69) is 38.3 Å². The van der Waals surface area contributed by atoms with Gasteiger partial charge in [0, 0.05) is 17.6 Å². The fourth-order valence-corrected chi connectivity index (χ4v) is 3.40. The molecule has 132 valence electrons. The molecule has 0 amide bonds. The monoisotopic (exact) mass is 330 g/mol. The number of unbranched alkanes of at least 4 members (excludes halogenated alkanes) is 1. The fraction of sp³-hybridized carbons (Fsp3) is 0.550. The number of carboxylic acid groups (broad SMARTS) is 1. The maximum atomic E-state index is 11.9. The van der Waals surface area contributed by atoms with Gasteiger partial charge in [-0.05, 0) is 61.9 Å². The van der Waals surface area contributed by atoms with Crippen LogP contribution in [0.4, 0.5) is 0 Å². The molecular weight excluding hydrogens is 300 g/mol. The Morgan fingerprint density at radius 3 is 2.54 bits per heavy atom. The molecule has 4 nitrogen and oxygen atoms in total. The average Bonchev–Trinajstić information content (AvgIpc) is 2.81. The first kappa shape index (κ1) is 18.5. The van der Waals surface area contributed by atoms with Crippen LogP contribution in [-0.2, 0) is 13.0 Å². The van der Waals surface area contributed by atoms with Gasteiger partial charge in [-0.2, -0.15) is 0 Å². The second kappa shape index (κ2) is 7.84. The minimum absolute atomic E-state index is 0.305. The predicted octanol–water partition coefficient (Wildman–Crippen LogP) is 4.46. The van der Waals surface area contributed by atoms with Crippen LogP contribution in [0.1, 0.15) is 73.1 Å². The van der Waals surface area contributed by atoms with Crippen LogP contribution in [0.2, 0.25) is 0 Å². The summed E-state index contributed by atoms with van der Waals surface area (Å²) in [5.41, 5.74) is 10.6. The van der Waals surface area contributed by atoms with Crippen molar-refractivity contribution < 1.29 is 9.90 Å². The van der Waals surface area contributed by atoms with Gasteiger partial charge in [0.05, 0.1) is 11.1 Å². The minimum Gasteiger partial charge on any atom is -0.478 e. The van der Waals surface area contributed by atoms with E-state index in [0.717, 1.165) is 48.7 Å².